The van der Waals surface area contributed by atoms with Crippen molar-refractivity contribution in [1.82, 2.24) is 4.98 Å². The summed E-state index contributed by atoms with van der Waals surface area (Å²) in [5.74, 6) is -4.73. The van der Waals surface area contributed by atoms with Crippen molar-refractivity contribution < 1.29 is 80.9 Å². The van der Waals surface area contributed by atoms with Crippen LogP contribution in [0.2, 0.25) is 0 Å². The lowest BCUT2D eigenvalue weighted by molar-refractivity contribution is -0.152. The number of hydrogen-bond donors (Lipinski definition) is 0. The Morgan fingerprint density at radius 1 is 0.551 bits per heavy atom. The van der Waals surface area contributed by atoms with Crippen LogP contribution in [0.25, 0.3) is 10.2 Å². The Labute approximate surface area is 450 Å². The molecule has 1 aromatic heterocycles. The van der Waals surface area contributed by atoms with E-state index in [1.54, 1.807) is 60.7 Å². The van der Waals surface area contributed by atoms with Gasteiger partial charge >= 0.3 is 41.8 Å². The minimum Gasteiger partial charge on any atom is -0.465 e. The van der Waals surface area contributed by atoms with Gasteiger partial charge in [0.05, 0.1) is 52.3 Å². The molecule has 0 spiro atoms. The van der Waals surface area contributed by atoms with Gasteiger partial charge in [0.2, 0.25) is 25.5 Å². The number of azo groups is 1. The van der Waals surface area contributed by atoms with E-state index in [2.05, 4.69) is 41.0 Å². The van der Waals surface area contributed by atoms with E-state index < -0.39 is 73.1 Å². The van der Waals surface area contributed by atoms with Gasteiger partial charge in [-0.3, -0.25) is 19.2 Å². The number of hydrogen-bond acceptors (Lipinski definition) is 22. The highest BCUT2D eigenvalue weighted by Gasteiger charge is 2.34. The maximum Gasteiger partial charge on any atom is 0.333 e. The van der Waals surface area contributed by atoms with Crippen molar-refractivity contribution in [1.29, 1.82) is 5.26 Å². The third-order valence-corrected chi connectivity index (χ3v) is 13.4. The normalized spacial score (nSPS) is 16.8. The van der Waals surface area contributed by atoms with E-state index >= 15 is 0 Å². The third kappa shape index (κ3) is 16.1. The number of benzene rings is 4. The summed E-state index contributed by atoms with van der Waals surface area (Å²) < 4.78 is 54.5. The van der Waals surface area contributed by atoms with Gasteiger partial charge in [0, 0.05) is 30.7 Å². The van der Waals surface area contributed by atoms with Crippen LogP contribution in [-0.4, -0.2) is 73.8 Å². The SMILES string of the molecule is C=CC(=O)OCOc1ccc(OC(=O)C2CCC(C(=O)OCCc3ccc(OC(=O)C4CCC(C(=O)Oc5ccc(OCOC(=O)C=C)c(OCOC(=O)C=C)c5)CC4)c4nc(N=Nc5ccc(C#N)cc5)sc34)CC2)cc1. The number of carbonyl (C=O) groups excluding carboxylic acids is 7. The molecule has 0 saturated heterocycles. The molecule has 0 aliphatic heterocycles. The number of carbonyl (C=O) groups is 7. The van der Waals surface area contributed by atoms with Crippen molar-refractivity contribution in [3.63, 3.8) is 0 Å². The average Bonchev–Trinajstić information content (AvgIpc) is 3.97. The Kier molecular flexibility index (Phi) is 20.3. The number of thiazole rings is 1. The zero-order valence-electron chi connectivity index (χ0n) is 42.0. The molecule has 7 rings (SSSR count). The van der Waals surface area contributed by atoms with Crippen molar-refractivity contribution >= 4 is 74.2 Å². The first-order valence-corrected chi connectivity index (χ1v) is 25.3. The van der Waals surface area contributed by atoms with Gasteiger partial charge in [-0.1, -0.05) is 37.1 Å². The molecule has 78 heavy (non-hydrogen) atoms. The van der Waals surface area contributed by atoms with Crippen LogP contribution in [0.1, 0.15) is 62.5 Å². The first-order valence-electron chi connectivity index (χ1n) is 24.5. The molecule has 0 radical (unpaired) electrons. The second-order valence-electron chi connectivity index (χ2n) is 17.4. The summed E-state index contributed by atoms with van der Waals surface area (Å²) in [7, 11) is 0. The summed E-state index contributed by atoms with van der Waals surface area (Å²) in [6, 6.07) is 22.4. The van der Waals surface area contributed by atoms with E-state index in [4.69, 9.17) is 47.4 Å². The molecule has 404 valence electrons. The molecule has 2 aliphatic rings. The lowest BCUT2D eigenvalue weighted by Gasteiger charge is -2.26. The van der Waals surface area contributed by atoms with Gasteiger partial charge in [0.25, 0.3) is 0 Å². The lowest BCUT2D eigenvalue weighted by atomic mass is 9.82. The van der Waals surface area contributed by atoms with Gasteiger partial charge in [0.1, 0.15) is 22.8 Å². The second-order valence-corrected chi connectivity index (χ2v) is 18.4. The van der Waals surface area contributed by atoms with Crippen LogP contribution in [0.3, 0.4) is 0 Å². The fourth-order valence-electron chi connectivity index (χ4n) is 8.17. The van der Waals surface area contributed by atoms with Gasteiger partial charge in [0.15, 0.2) is 17.2 Å². The Bertz CT molecular complexity index is 3090. The first-order chi connectivity index (χ1) is 37.8. The average molecular weight is 1090 g/mol. The van der Waals surface area contributed by atoms with Crippen LogP contribution in [-0.2, 0) is 58.9 Å². The van der Waals surface area contributed by atoms with E-state index in [-0.39, 0.29) is 47.5 Å². The quantitative estimate of drug-likeness (QED) is 0.0139. The molecule has 0 amide bonds. The largest absolute Gasteiger partial charge is 0.465 e. The number of rotatable bonds is 24. The predicted octanol–water partition coefficient (Wildman–Crippen LogP) is 9.59. The highest BCUT2D eigenvalue weighted by Crippen LogP contribution is 2.40. The highest BCUT2D eigenvalue weighted by atomic mass is 32.1. The van der Waals surface area contributed by atoms with Crippen LogP contribution in [0.4, 0.5) is 10.8 Å². The molecule has 2 fully saturated rings. The number of nitrogens with zero attached hydrogens (tertiary/aromatic N) is 4. The van der Waals surface area contributed by atoms with Gasteiger partial charge in [-0.15, -0.1) is 10.2 Å². The molecular weight excluding hydrogens is 1030 g/mol. The zero-order valence-corrected chi connectivity index (χ0v) is 42.8. The fourth-order valence-corrected chi connectivity index (χ4v) is 9.12. The molecule has 5 aromatic rings. The number of nitriles is 1. The summed E-state index contributed by atoms with van der Waals surface area (Å²) in [5.41, 5.74) is 2.04. The third-order valence-electron chi connectivity index (χ3n) is 12.4. The van der Waals surface area contributed by atoms with Gasteiger partial charge in [-0.25, -0.2) is 19.4 Å². The van der Waals surface area contributed by atoms with Crippen LogP contribution in [0.15, 0.2) is 127 Å². The number of ether oxygens (including phenoxy) is 10. The van der Waals surface area contributed by atoms with Crippen LogP contribution in [0.5, 0.6) is 34.5 Å². The van der Waals surface area contributed by atoms with E-state index in [0.717, 1.165) is 23.8 Å². The molecule has 0 N–H and O–H groups in total. The van der Waals surface area contributed by atoms with E-state index in [0.29, 0.717) is 90.8 Å². The van der Waals surface area contributed by atoms with E-state index in [9.17, 15) is 38.8 Å². The topological polar surface area (TPSA) is 273 Å². The summed E-state index contributed by atoms with van der Waals surface area (Å²) in [5, 5.41) is 18.1. The predicted molar refractivity (Wildman–Crippen MR) is 276 cm³/mol. The maximum absolute atomic E-state index is 13.8. The van der Waals surface area contributed by atoms with Crippen LogP contribution in [0, 0.1) is 35.0 Å². The standard InChI is InChI=1S/C56H52N4O17S/c1-4-47(61)72-31-69-41-20-22-42(23-21-41)75-53(65)37-11-9-36(10-12-37)52(64)68-28-27-35-17-25-45(50-51(35)78-56(58-50)60-59-40-18-7-34(30-57)8-19-40)77-55(67)39-15-13-38(14-16-39)54(66)76-43-24-26-44(70-32-73-48(62)5-2)46(29-43)71-33-74-49(63)6-3/h4-8,17-26,29,36-39H,1-3,9-16,27-28,31-33H2. The highest BCUT2D eigenvalue weighted by molar-refractivity contribution is 7.22. The number of esters is 7. The fraction of sp³-hybridized carbons (Fsp3) is 0.304. The van der Waals surface area contributed by atoms with Crippen molar-refractivity contribution in [3.05, 3.63) is 128 Å². The van der Waals surface area contributed by atoms with Crippen molar-refractivity contribution in [2.45, 2.75) is 57.8 Å². The monoisotopic (exact) mass is 1080 g/mol. The Morgan fingerprint density at radius 3 is 1.60 bits per heavy atom. The summed E-state index contributed by atoms with van der Waals surface area (Å²) in [6.45, 7) is 8.69. The zero-order chi connectivity index (χ0) is 55.4. The van der Waals surface area contributed by atoms with Crippen molar-refractivity contribution in [2.75, 3.05) is 27.0 Å². The molecule has 1 heterocycles. The number of aromatic nitrogens is 1. The summed E-state index contributed by atoms with van der Waals surface area (Å²) in [4.78, 5) is 92.3. The molecule has 21 nitrogen and oxygen atoms in total. The molecular formula is C56H52N4O17S. The van der Waals surface area contributed by atoms with Gasteiger partial charge in [-0.05, 0) is 124 Å². The number of fused-ring (bicyclic) bond motifs is 1. The van der Waals surface area contributed by atoms with Crippen LogP contribution >= 0.6 is 11.3 Å². The Hall–Kier alpha value is -9.23. The summed E-state index contributed by atoms with van der Waals surface area (Å²) >= 11 is 1.20. The Balaban J connectivity index is 0.931. The molecule has 0 bridgehead atoms. The van der Waals surface area contributed by atoms with E-state index in [1.807, 2.05) is 0 Å². The molecule has 0 unspecified atom stereocenters. The molecule has 2 saturated carbocycles. The smallest absolute Gasteiger partial charge is 0.333 e. The van der Waals surface area contributed by atoms with Crippen LogP contribution < -0.4 is 28.4 Å². The maximum atomic E-state index is 13.8. The van der Waals surface area contributed by atoms with E-state index in [1.165, 1.54) is 29.5 Å². The van der Waals surface area contributed by atoms with Gasteiger partial charge < -0.3 is 47.4 Å². The van der Waals surface area contributed by atoms with Crippen molar-refractivity contribution in [3.8, 4) is 40.6 Å². The van der Waals surface area contributed by atoms with Crippen molar-refractivity contribution in [2.24, 2.45) is 33.9 Å². The minimum atomic E-state index is -0.741. The lowest BCUT2D eigenvalue weighted by Crippen LogP contribution is -2.30. The molecule has 4 aromatic carbocycles. The first kappa shape index (κ1) is 56.5. The van der Waals surface area contributed by atoms with Gasteiger partial charge in [-0.2, -0.15) is 5.26 Å². The Morgan fingerprint density at radius 2 is 1.04 bits per heavy atom. The summed E-state index contributed by atoms with van der Waals surface area (Å²) in [6.07, 6.45) is 6.27. The molecule has 22 heteroatoms. The minimum absolute atomic E-state index is 0.0146. The second kappa shape index (κ2) is 28.1. The molecule has 2 aliphatic carbocycles. The molecule has 0 atom stereocenters.